The normalized spacial score (nSPS) is 11.6. The van der Waals surface area contributed by atoms with Gasteiger partial charge in [0.25, 0.3) is 5.56 Å². The van der Waals surface area contributed by atoms with Gasteiger partial charge in [-0.25, -0.2) is 9.36 Å². The van der Waals surface area contributed by atoms with Crippen LogP contribution < -0.4 is 11.2 Å². The van der Waals surface area contributed by atoms with Crippen LogP contribution in [-0.4, -0.2) is 14.5 Å². The number of H-pyrrole nitrogens is 1. The Morgan fingerprint density at radius 2 is 1.78 bits per heavy atom. The lowest BCUT2D eigenvalue weighted by atomic mass is 10.1. The van der Waals surface area contributed by atoms with E-state index in [1.807, 2.05) is 0 Å². The van der Waals surface area contributed by atoms with Gasteiger partial charge < -0.3 is 4.42 Å². The van der Waals surface area contributed by atoms with Crippen LogP contribution in [0.1, 0.15) is 5.56 Å². The lowest BCUT2D eigenvalue weighted by Gasteiger charge is -2.07. The molecule has 0 atom stereocenters. The maximum Gasteiger partial charge on any atom is 0.416 e. The molecule has 0 saturated carbocycles. The molecule has 0 saturated heterocycles. The monoisotopic (exact) mass is 323 g/mol. The number of alkyl halides is 3. The molecule has 6 nitrogen and oxygen atoms in total. The standard InChI is InChI=1S/C14H8F3N3O3/c15-14(16,17)9-3-1-8(2-4-9)11-12(18-7-23-11)20-6-5-10(21)19-13(20)22/h1-7H,(H,19,21,22). The van der Waals surface area contributed by atoms with Crippen LogP contribution in [-0.2, 0) is 6.18 Å². The zero-order chi connectivity index (χ0) is 16.6. The third-order valence-electron chi connectivity index (χ3n) is 3.08. The number of aromatic nitrogens is 3. The largest absolute Gasteiger partial charge is 0.441 e. The summed E-state index contributed by atoms with van der Waals surface area (Å²) in [5, 5.41) is 0. The van der Waals surface area contributed by atoms with Crippen LogP contribution in [0, 0.1) is 0 Å². The Balaban J connectivity index is 2.08. The molecule has 0 fully saturated rings. The Labute approximate surface area is 125 Å². The highest BCUT2D eigenvalue weighted by atomic mass is 19.4. The third kappa shape index (κ3) is 2.80. The van der Waals surface area contributed by atoms with Crippen LogP contribution >= 0.6 is 0 Å². The molecule has 3 rings (SSSR count). The van der Waals surface area contributed by atoms with E-state index in [9.17, 15) is 22.8 Å². The minimum atomic E-state index is -4.45. The molecule has 0 aliphatic rings. The summed E-state index contributed by atoms with van der Waals surface area (Å²) >= 11 is 0. The Hall–Kier alpha value is -3.10. The molecule has 0 amide bonds. The SMILES string of the molecule is O=c1ccn(-c2ncoc2-c2ccc(C(F)(F)F)cc2)c(=O)[nH]1. The van der Waals surface area contributed by atoms with E-state index >= 15 is 0 Å². The fraction of sp³-hybridized carbons (Fsp3) is 0.0714. The maximum absolute atomic E-state index is 12.6. The summed E-state index contributed by atoms with van der Waals surface area (Å²) in [5.74, 6) is 0.166. The maximum atomic E-state index is 12.6. The number of rotatable bonds is 2. The number of aromatic amines is 1. The van der Waals surface area contributed by atoms with Crippen LogP contribution in [0.15, 0.2) is 56.9 Å². The summed E-state index contributed by atoms with van der Waals surface area (Å²) in [5.41, 5.74) is -1.81. The first kappa shape index (κ1) is 14.8. The Bertz CT molecular complexity index is 952. The number of nitrogens with zero attached hydrogens (tertiary/aromatic N) is 2. The first-order valence-corrected chi connectivity index (χ1v) is 6.30. The van der Waals surface area contributed by atoms with Gasteiger partial charge in [0.05, 0.1) is 5.56 Å². The van der Waals surface area contributed by atoms with Gasteiger partial charge in [-0.15, -0.1) is 0 Å². The van der Waals surface area contributed by atoms with Crippen molar-refractivity contribution in [1.82, 2.24) is 14.5 Å². The Morgan fingerprint density at radius 1 is 1.09 bits per heavy atom. The topological polar surface area (TPSA) is 80.9 Å². The van der Waals surface area contributed by atoms with Crippen LogP contribution in [0.2, 0.25) is 0 Å². The minimum Gasteiger partial charge on any atom is -0.441 e. The molecule has 23 heavy (non-hydrogen) atoms. The molecule has 9 heteroatoms. The van der Waals surface area contributed by atoms with Gasteiger partial charge in [-0.05, 0) is 12.1 Å². The first-order chi connectivity index (χ1) is 10.9. The van der Waals surface area contributed by atoms with E-state index in [1.165, 1.54) is 18.3 Å². The lowest BCUT2D eigenvalue weighted by molar-refractivity contribution is -0.137. The molecule has 2 aromatic heterocycles. The zero-order valence-electron chi connectivity index (χ0n) is 11.3. The van der Waals surface area contributed by atoms with E-state index < -0.39 is 23.0 Å². The summed E-state index contributed by atoms with van der Waals surface area (Å²) in [6, 6.07) is 5.34. The van der Waals surface area contributed by atoms with Crippen molar-refractivity contribution in [1.29, 1.82) is 0 Å². The predicted octanol–water partition coefficient (Wildman–Crippen LogP) is 2.20. The van der Waals surface area contributed by atoms with Crippen molar-refractivity contribution >= 4 is 0 Å². The fourth-order valence-corrected chi connectivity index (χ4v) is 2.00. The molecule has 0 aliphatic heterocycles. The van der Waals surface area contributed by atoms with Crippen LogP contribution in [0.5, 0.6) is 0 Å². The van der Waals surface area contributed by atoms with Crippen molar-refractivity contribution in [2.75, 3.05) is 0 Å². The minimum absolute atomic E-state index is 0.0611. The van der Waals surface area contributed by atoms with E-state index in [4.69, 9.17) is 4.42 Å². The van der Waals surface area contributed by atoms with Crippen LogP contribution in [0.4, 0.5) is 13.2 Å². The van der Waals surface area contributed by atoms with E-state index in [0.29, 0.717) is 5.56 Å². The molecule has 1 aromatic carbocycles. The second-order valence-electron chi connectivity index (χ2n) is 4.56. The highest BCUT2D eigenvalue weighted by molar-refractivity contribution is 5.65. The fourth-order valence-electron chi connectivity index (χ4n) is 2.00. The molecule has 118 valence electrons. The predicted molar refractivity (Wildman–Crippen MR) is 73.2 cm³/mol. The van der Waals surface area contributed by atoms with Gasteiger partial charge in [-0.2, -0.15) is 18.2 Å². The van der Waals surface area contributed by atoms with E-state index in [0.717, 1.165) is 29.2 Å². The number of hydrogen-bond donors (Lipinski definition) is 1. The Kier molecular flexibility index (Phi) is 3.40. The molecule has 2 heterocycles. The molecular weight excluding hydrogens is 315 g/mol. The summed E-state index contributed by atoms with van der Waals surface area (Å²) in [6.45, 7) is 0. The highest BCUT2D eigenvalue weighted by Crippen LogP contribution is 2.32. The summed E-state index contributed by atoms with van der Waals surface area (Å²) < 4.78 is 43.9. The van der Waals surface area contributed by atoms with Gasteiger partial charge in [-0.1, -0.05) is 12.1 Å². The lowest BCUT2D eigenvalue weighted by Crippen LogP contribution is -2.27. The number of benzene rings is 1. The molecule has 1 N–H and O–H groups in total. The van der Waals surface area contributed by atoms with E-state index in [1.54, 1.807) is 0 Å². The Morgan fingerprint density at radius 3 is 2.39 bits per heavy atom. The summed E-state index contributed by atoms with van der Waals surface area (Å²) in [7, 11) is 0. The van der Waals surface area contributed by atoms with Crippen molar-refractivity contribution < 1.29 is 17.6 Å². The average Bonchev–Trinajstić information content (AvgIpc) is 2.95. The van der Waals surface area contributed by atoms with E-state index in [2.05, 4.69) is 9.97 Å². The molecular formula is C14H8F3N3O3. The molecule has 3 aromatic rings. The number of oxazole rings is 1. The van der Waals surface area contributed by atoms with Crippen LogP contribution in [0.3, 0.4) is 0 Å². The van der Waals surface area contributed by atoms with Gasteiger partial charge >= 0.3 is 11.9 Å². The van der Waals surface area contributed by atoms with Crippen molar-refractivity contribution in [3.05, 3.63) is 69.3 Å². The summed E-state index contributed by atoms with van der Waals surface area (Å²) in [4.78, 5) is 28.8. The zero-order valence-corrected chi connectivity index (χ0v) is 11.3. The third-order valence-corrected chi connectivity index (χ3v) is 3.08. The smallest absolute Gasteiger partial charge is 0.416 e. The van der Waals surface area contributed by atoms with E-state index in [-0.39, 0.29) is 11.6 Å². The van der Waals surface area contributed by atoms with Gasteiger partial charge in [0.15, 0.2) is 18.0 Å². The molecule has 0 aliphatic carbocycles. The van der Waals surface area contributed by atoms with Gasteiger partial charge in [0, 0.05) is 17.8 Å². The molecule has 0 unspecified atom stereocenters. The number of halogens is 3. The van der Waals surface area contributed by atoms with Crippen molar-refractivity contribution in [3.63, 3.8) is 0 Å². The molecule has 0 radical (unpaired) electrons. The highest BCUT2D eigenvalue weighted by Gasteiger charge is 2.30. The number of nitrogens with one attached hydrogen (secondary N) is 1. The molecule has 0 bridgehead atoms. The first-order valence-electron chi connectivity index (χ1n) is 6.30. The summed E-state index contributed by atoms with van der Waals surface area (Å²) in [6.07, 6.45) is -2.19. The van der Waals surface area contributed by atoms with Gasteiger partial charge in [-0.3, -0.25) is 9.78 Å². The quantitative estimate of drug-likeness (QED) is 0.784. The average molecular weight is 323 g/mol. The second kappa shape index (κ2) is 5.27. The van der Waals surface area contributed by atoms with Gasteiger partial charge in [0.2, 0.25) is 0 Å². The molecule has 0 spiro atoms. The number of hydrogen-bond acceptors (Lipinski definition) is 4. The van der Waals surface area contributed by atoms with Crippen molar-refractivity contribution in [2.45, 2.75) is 6.18 Å². The van der Waals surface area contributed by atoms with Crippen LogP contribution in [0.25, 0.3) is 17.1 Å². The van der Waals surface area contributed by atoms with Gasteiger partial charge in [0.1, 0.15) is 0 Å². The van der Waals surface area contributed by atoms with Crippen molar-refractivity contribution in [3.8, 4) is 17.1 Å². The second-order valence-corrected chi connectivity index (χ2v) is 4.56. The van der Waals surface area contributed by atoms with Crippen molar-refractivity contribution in [2.24, 2.45) is 0 Å².